The fraction of sp³-hybridized carbons (Fsp3) is 0.294. The Hall–Kier alpha value is -2.76. The summed E-state index contributed by atoms with van der Waals surface area (Å²) in [7, 11) is 0. The number of hydrogen-bond acceptors (Lipinski definition) is 4. The molecule has 2 rings (SSSR count). The number of pyridine rings is 1. The lowest BCUT2D eigenvalue weighted by atomic mass is 10.1. The van der Waals surface area contributed by atoms with Gasteiger partial charge in [0.15, 0.2) is 0 Å². The van der Waals surface area contributed by atoms with Crippen molar-refractivity contribution in [3.63, 3.8) is 0 Å². The summed E-state index contributed by atoms with van der Waals surface area (Å²) in [5.41, 5.74) is 1.77. The van der Waals surface area contributed by atoms with Crippen molar-refractivity contribution in [2.45, 2.75) is 32.6 Å². The predicted molar refractivity (Wildman–Crippen MR) is 88.3 cm³/mol. The molecule has 23 heavy (non-hydrogen) atoms. The second-order valence-corrected chi connectivity index (χ2v) is 5.25. The third kappa shape index (κ3) is 4.88. The summed E-state index contributed by atoms with van der Waals surface area (Å²) >= 11 is 0. The molecule has 0 aliphatic carbocycles. The molecular formula is C17H19N3O3. The fourth-order valence-corrected chi connectivity index (χ4v) is 2.22. The van der Waals surface area contributed by atoms with Gasteiger partial charge in [-0.3, -0.25) is 19.9 Å². The molecule has 0 spiro atoms. The van der Waals surface area contributed by atoms with Crippen LogP contribution in [-0.4, -0.2) is 15.8 Å². The highest BCUT2D eigenvalue weighted by Gasteiger charge is 2.16. The number of amides is 1. The number of aromatic nitrogens is 1. The summed E-state index contributed by atoms with van der Waals surface area (Å²) in [4.78, 5) is 26.8. The van der Waals surface area contributed by atoms with Gasteiger partial charge in [0.1, 0.15) is 0 Å². The van der Waals surface area contributed by atoms with Gasteiger partial charge >= 0.3 is 0 Å². The second-order valence-electron chi connectivity index (χ2n) is 5.25. The number of hydrogen-bond donors (Lipinski definition) is 1. The Morgan fingerprint density at radius 1 is 1.30 bits per heavy atom. The monoisotopic (exact) mass is 313 g/mol. The van der Waals surface area contributed by atoms with Crippen LogP contribution < -0.4 is 5.32 Å². The quantitative estimate of drug-likeness (QED) is 0.623. The molecule has 0 aliphatic rings. The Morgan fingerprint density at radius 3 is 2.78 bits per heavy atom. The van der Waals surface area contributed by atoms with Crippen molar-refractivity contribution < 1.29 is 9.72 Å². The topological polar surface area (TPSA) is 85.1 Å². The van der Waals surface area contributed by atoms with Gasteiger partial charge in [-0.15, -0.1) is 0 Å². The molecule has 120 valence electrons. The number of nitro groups is 1. The van der Waals surface area contributed by atoms with Gasteiger partial charge < -0.3 is 5.32 Å². The van der Waals surface area contributed by atoms with E-state index < -0.39 is 4.92 Å². The fourth-order valence-electron chi connectivity index (χ4n) is 2.22. The molecule has 1 aromatic heterocycles. The first-order valence-electron chi connectivity index (χ1n) is 7.57. The minimum Gasteiger partial charge on any atom is -0.326 e. The highest BCUT2D eigenvalue weighted by molar-refractivity contribution is 5.91. The molecule has 0 saturated carbocycles. The number of unbranched alkanes of at least 4 members (excludes halogenated alkanes) is 1. The zero-order valence-electron chi connectivity index (χ0n) is 13.0. The molecule has 1 amide bonds. The van der Waals surface area contributed by atoms with E-state index in [0.29, 0.717) is 24.1 Å². The molecule has 0 saturated heterocycles. The third-order valence-corrected chi connectivity index (χ3v) is 3.42. The summed E-state index contributed by atoms with van der Waals surface area (Å²) < 4.78 is 0. The molecule has 0 bridgehead atoms. The molecule has 6 heteroatoms. The first kappa shape index (κ1) is 16.6. The van der Waals surface area contributed by atoms with Gasteiger partial charge in [0, 0.05) is 42.0 Å². The number of carbonyl (C=O) groups is 1. The third-order valence-electron chi connectivity index (χ3n) is 3.42. The van der Waals surface area contributed by atoms with Gasteiger partial charge in [-0.2, -0.15) is 0 Å². The second kappa shape index (κ2) is 8.03. The first-order chi connectivity index (χ1) is 11.1. The lowest BCUT2D eigenvalue weighted by Crippen LogP contribution is -2.11. The Bertz CT molecular complexity index is 687. The lowest BCUT2D eigenvalue weighted by Gasteiger charge is -2.07. The van der Waals surface area contributed by atoms with Crippen LogP contribution in [0.1, 0.15) is 37.4 Å². The standard InChI is InChI=1S/C17H19N3O3/c1-2-3-7-17(21)19-15-9-8-13(16(12-15)20(22)23)11-14-6-4-5-10-18-14/h4-6,8-10,12H,2-3,7,11H2,1H3,(H,19,21). The SMILES string of the molecule is CCCCC(=O)Nc1ccc(Cc2ccccn2)c([N+](=O)[O-])c1. The van der Waals surface area contributed by atoms with Gasteiger partial charge in [-0.25, -0.2) is 0 Å². The summed E-state index contributed by atoms with van der Waals surface area (Å²) in [6.45, 7) is 2.00. The summed E-state index contributed by atoms with van der Waals surface area (Å²) in [6.07, 6.45) is 4.17. The van der Waals surface area contributed by atoms with Gasteiger partial charge in [0.2, 0.25) is 5.91 Å². The summed E-state index contributed by atoms with van der Waals surface area (Å²) in [5.74, 6) is -0.126. The van der Waals surface area contributed by atoms with Crippen molar-refractivity contribution in [3.8, 4) is 0 Å². The van der Waals surface area contributed by atoms with Crippen molar-refractivity contribution in [3.05, 3.63) is 64.0 Å². The molecule has 2 aromatic rings. The van der Waals surface area contributed by atoms with E-state index in [-0.39, 0.29) is 11.6 Å². The molecule has 0 radical (unpaired) electrons. The number of nitrogens with zero attached hydrogens (tertiary/aromatic N) is 2. The highest BCUT2D eigenvalue weighted by atomic mass is 16.6. The average molecular weight is 313 g/mol. The Morgan fingerprint density at radius 2 is 2.13 bits per heavy atom. The molecule has 0 aliphatic heterocycles. The summed E-state index contributed by atoms with van der Waals surface area (Å²) in [6, 6.07) is 10.2. The molecule has 1 aromatic carbocycles. The molecule has 1 heterocycles. The lowest BCUT2D eigenvalue weighted by molar-refractivity contribution is -0.385. The van der Waals surface area contributed by atoms with Crippen molar-refractivity contribution in [1.29, 1.82) is 0 Å². The number of rotatable bonds is 7. The van der Waals surface area contributed by atoms with E-state index in [0.717, 1.165) is 18.5 Å². The normalized spacial score (nSPS) is 10.3. The molecule has 1 N–H and O–H groups in total. The van der Waals surface area contributed by atoms with E-state index in [2.05, 4.69) is 10.3 Å². The van der Waals surface area contributed by atoms with Crippen molar-refractivity contribution in [1.82, 2.24) is 4.98 Å². The van der Waals surface area contributed by atoms with Gasteiger partial charge in [-0.1, -0.05) is 19.4 Å². The van der Waals surface area contributed by atoms with Crippen LogP contribution in [0, 0.1) is 10.1 Å². The van der Waals surface area contributed by atoms with E-state index in [1.165, 1.54) is 6.07 Å². The van der Waals surface area contributed by atoms with Crippen LogP contribution in [-0.2, 0) is 11.2 Å². The first-order valence-corrected chi connectivity index (χ1v) is 7.57. The maximum atomic E-state index is 11.7. The van der Waals surface area contributed by atoms with Gasteiger partial charge in [0.25, 0.3) is 5.69 Å². The zero-order valence-corrected chi connectivity index (χ0v) is 13.0. The van der Waals surface area contributed by atoms with E-state index >= 15 is 0 Å². The van der Waals surface area contributed by atoms with Crippen molar-refractivity contribution in [2.24, 2.45) is 0 Å². The smallest absolute Gasteiger partial charge is 0.275 e. The zero-order chi connectivity index (χ0) is 16.7. The molecule has 0 fully saturated rings. The van der Waals surface area contributed by atoms with Crippen molar-refractivity contribution >= 4 is 17.3 Å². The Balaban J connectivity index is 2.18. The predicted octanol–water partition coefficient (Wildman–Crippen LogP) is 3.71. The average Bonchev–Trinajstić information content (AvgIpc) is 2.55. The summed E-state index contributed by atoms with van der Waals surface area (Å²) in [5, 5.41) is 14.0. The maximum Gasteiger partial charge on any atom is 0.275 e. The minimum absolute atomic E-state index is 0.0102. The van der Waals surface area contributed by atoms with Gasteiger partial charge in [0.05, 0.1) is 4.92 Å². The van der Waals surface area contributed by atoms with Crippen LogP contribution in [0.15, 0.2) is 42.6 Å². The highest BCUT2D eigenvalue weighted by Crippen LogP contribution is 2.25. The van der Waals surface area contributed by atoms with Crippen LogP contribution in [0.25, 0.3) is 0 Å². The number of nitrogens with one attached hydrogen (secondary N) is 1. The number of carbonyl (C=O) groups excluding carboxylic acids is 1. The van der Waals surface area contributed by atoms with Crippen LogP contribution in [0.4, 0.5) is 11.4 Å². The van der Waals surface area contributed by atoms with Crippen LogP contribution in [0.2, 0.25) is 0 Å². The number of anilines is 1. The van der Waals surface area contributed by atoms with E-state index in [9.17, 15) is 14.9 Å². The Kier molecular flexibility index (Phi) is 5.80. The number of benzene rings is 1. The van der Waals surface area contributed by atoms with Crippen LogP contribution >= 0.6 is 0 Å². The van der Waals surface area contributed by atoms with Crippen LogP contribution in [0.3, 0.4) is 0 Å². The van der Waals surface area contributed by atoms with E-state index in [1.807, 2.05) is 19.1 Å². The van der Waals surface area contributed by atoms with Gasteiger partial charge in [-0.05, 0) is 30.7 Å². The van der Waals surface area contributed by atoms with Crippen molar-refractivity contribution in [2.75, 3.05) is 5.32 Å². The van der Waals surface area contributed by atoms with E-state index in [4.69, 9.17) is 0 Å². The molecule has 0 atom stereocenters. The van der Waals surface area contributed by atoms with Crippen LogP contribution in [0.5, 0.6) is 0 Å². The molecular weight excluding hydrogens is 294 g/mol. The maximum absolute atomic E-state index is 11.7. The van der Waals surface area contributed by atoms with E-state index in [1.54, 1.807) is 24.4 Å². The number of nitro benzene ring substituents is 1. The molecule has 0 unspecified atom stereocenters. The Labute approximate surface area is 134 Å². The minimum atomic E-state index is -0.431. The largest absolute Gasteiger partial charge is 0.326 e. The molecule has 6 nitrogen and oxygen atoms in total.